The van der Waals surface area contributed by atoms with E-state index >= 15 is 0 Å². The molecule has 602 valence electrons. The quantitative estimate of drug-likeness (QED) is 0.0742. The minimum absolute atomic E-state index is 0.190. The number of aromatic hydroxyl groups is 8. The summed E-state index contributed by atoms with van der Waals surface area (Å²) in [6.07, 6.45) is 2.70. The first-order valence-electron chi connectivity index (χ1n) is 40.1. The van der Waals surface area contributed by atoms with Crippen molar-refractivity contribution in [3.63, 3.8) is 0 Å². The third kappa shape index (κ3) is 21.7. The molecule has 10 aromatic rings. The molecular formula is C102H126N2O8W2+2. The molecule has 0 spiro atoms. The first kappa shape index (κ1) is 89.3. The van der Waals surface area contributed by atoms with Gasteiger partial charge < -0.3 is 40.9 Å². The van der Waals surface area contributed by atoms with E-state index in [-0.39, 0.29) is 89.3 Å². The zero-order chi connectivity index (χ0) is 84.8. The molecule has 0 heterocycles. The normalized spacial score (nSPS) is 13.3. The molecule has 10 aromatic carbocycles. The van der Waals surface area contributed by atoms with E-state index < -0.39 is 0 Å². The van der Waals surface area contributed by atoms with Gasteiger partial charge in [-0.25, -0.2) is 0 Å². The molecule has 0 radical (unpaired) electrons. The van der Waals surface area contributed by atoms with Crippen molar-refractivity contribution >= 4 is 11.4 Å². The molecule has 0 aliphatic heterocycles. The summed E-state index contributed by atoms with van der Waals surface area (Å²) in [5, 5.41) is 95.2. The molecule has 12 rings (SSSR count). The number of phenolic OH excluding ortho intramolecular Hbond substituents is 8. The molecule has 0 unspecified atom stereocenters. The Morgan fingerprint density at radius 1 is 0.193 bits per heavy atom. The number of rotatable bonds is 0. The van der Waals surface area contributed by atoms with Gasteiger partial charge in [0.1, 0.15) is 46.0 Å². The molecule has 0 atom stereocenters. The van der Waals surface area contributed by atoms with Crippen molar-refractivity contribution in [1.82, 2.24) is 0 Å². The molecule has 0 saturated heterocycles. The first-order chi connectivity index (χ1) is 52.5. The second-order valence-electron chi connectivity index (χ2n) is 40.4. The fourth-order valence-corrected chi connectivity index (χ4v) is 15.4. The van der Waals surface area contributed by atoms with Crippen LogP contribution in [0.25, 0.3) is 6.62 Å². The standard InChI is InChI=1S/2C44H56O4.2C7H7N.2W/c2*1-41(2,3)33-17-25-13-27-19-34(42(4,5)6)21-29(38(27)46)15-31-23-36(44(10,11)12)24-32(40(31)48)16-30-22-35(43(7,8)9)20-28(39(30)47)14-26(18-33)37(25)45;2*1-6-2-4-7(8)5-3-6;;/h2*17-24,45-48H,13-16H2,1-12H3;2*2-5H,1H3;;/q;;2*+1;;. The molecule has 10 nitrogen and oxygen atoms in total. The van der Waals surface area contributed by atoms with Gasteiger partial charge in [-0.05, 0) is 177 Å². The van der Waals surface area contributed by atoms with Gasteiger partial charge in [0.2, 0.25) is 0 Å². The van der Waals surface area contributed by atoms with E-state index in [9.17, 15) is 40.9 Å². The Kier molecular flexibility index (Phi) is 26.6. The SMILES string of the molecule is CC(C)(C)c1cc2c(O)c(c1)Cc1cc(C(C)(C)C)cc(c1O)Cc1cc(C(C)(C)C)cc(c1O)Cc1cc(C(C)(C)C)cc(c1O)C2.CC(C)(C)c1cc2c(O)c(c1)Cc1cc(C(C)(C)C)cc(c1O)Cc1cc(C(C)(C)C)cc(c1O)Cc1cc(C(C)(C)C)cc(c1O)C2.Cc1ccc([N+]#[W])cc1.Cc1ccc([N+]#[W])cc1. The van der Waals surface area contributed by atoms with Gasteiger partial charge in [0.15, 0.2) is 0 Å². The van der Waals surface area contributed by atoms with E-state index in [4.69, 9.17) is 0 Å². The summed E-state index contributed by atoms with van der Waals surface area (Å²) in [6, 6.07) is 49.4. The van der Waals surface area contributed by atoms with Crippen molar-refractivity contribution in [2.75, 3.05) is 0 Å². The number of fused-ring (bicyclic) bond motifs is 16. The van der Waals surface area contributed by atoms with E-state index in [1.165, 1.54) is 50.0 Å². The van der Waals surface area contributed by atoms with Gasteiger partial charge in [0, 0.05) is 51.4 Å². The molecule has 0 amide bonds. The summed E-state index contributed by atoms with van der Waals surface area (Å²) in [6.45, 7) is 56.1. The van der Waals surface area contributed by atoms with Gasteiger partial charge in [0.25, 0.3) is 0 Å². The summed E-state index contributed by atoms with van der Waals surface area (Å²) < 4.78 is 8.19. The number of nitrogens with zero attached hydrogens (tertiary/aromatic N) is 2. The maximum absolute atomic E-state index is 11.9. The van der Waals surface area contributed by atoms with Gasteiger partial charge >= 0.3 is 130 Å². The molecule has 12 heteroatoms. The van der Waals surface area contributed by atoms with Crippen LogP contribution >= 0.6 is 0 Å². The van der Waals surface area contributed by atoms with Crippen LogP contribution in [0.5, 0.6) is 46.0 Å². The van der Waals surface area contributed by atoms with E-state index in [0.717, 1.165) is 145 Å². The van der Waals surface area contributed by atoms with Gasteiger partial charge in [-0.1, -0.05) is 263 Å². The molecule has 16 bridgehead atoms. The Morgan fingerprint density at radius 3 is 0.368 bits per heavy atom. The van der Waals surface area contributed by atoms with Crippen molar-refractivity contribution in [3.8, 4) is 46.0 Å². The summed E-state index contributed by atoms with van der Waals surface area (Å²) in [5.74, 6) is 1.53. The molecule has 2 aliphatic rings. The summed E-state index contributed by atoms with van der Waals surface area (Å²) in [5.41, 5.74) is 23.7. The van der Waals surface area contributed by atoms with Crippen LogP contribution in [0.15, 0.2) is 146 Å². The van der Waals surface area contributed by atoms with E-state index in [1.807, 2.05) is 24.3 Å². The first-order valence-corrected chi connectivity index (χ1v) is 42.8. The van der Waals surface area contributed by atoms with Crippen molar-refractivity contribution in [3.05, 3.63) is 297 Å². The van der Waals surface area contributed by atoms with Crippen LogP contribution in [0.4, 0.5) is 11.4 Å². The monoisotopic (exact) mass is 1870 g/mol. The maximum atomic E-state index is 11.9. The fraction of sp³-hybridized carbons (Fsp3) is 0.412. The number of phenols is 8. The van der Waals surface area contributed by atoms with Crippen molar-refractivity contribution in [2.24, 2.45) is 0 Å². The second kappa shape index (κ2) is 33.9. The van der Waals surface area contributed by atoms with Crippen LogP contribution in [-0.2, 0) is 134 Å². The Morgan fingerprint density at radius 2 is 0.289 bits per heavy atom. The molecule has 2 aliphatic carbocycles. The van der Waals surface area contributed by atoms with Crippen LogP contribution in [-0.4, -0.2) is 40.9 Å². The van der Waals surface area contributed by atoms with Gasteiger partial charge in [-0.15, -0.1) is 0 Å². The molecule has 0 aromatic heterocycles. The Balaban J connectivity index is 0.000000213. The van der Waals surface area contributed by atoms with E-state index in [2.05, 4.69) is 308 Å². The molecule has 8 N–H and O–H groups in total. The summed E-state index contributed by atoms with van der Waals surface area (Å²) >= 11 is 2.52. The average molecular weight is 1880 g/mol. The van der Waals surface area contributed by atoms with Crippen LogP contribution < -0.4 is 0 Å². The van der Waals surface area contributed by atoms with Crippen molar-refractivity contribution in [2.45, 2.75) is 275 Å². The second-order valence-corrected chi connectivity index (χ2v) is 41.7. The minimum atomic E-state index is -0.190. The number of benzene rings is 10. The predicted octanol–water partition coefficient (Wildman–Crippen LogP) is 25.7. The van der Waals surface area contributed by atoms with Crippen LogP contribution in [0.2, 0.25) is 0 Å². The Hall–Kier alpha value is -8.60. The van der Waals surface area contributed by atoms with Gasteiger partial charge in [-0.3, -0.25) is 0 Å². The Labute approximate surface area is 703 Å². The van der Waals surface area contributed by atoms with Crippen LogP contribution in [0.3, 0.4) is 0 Å². The topological polar surface area (TPSA) is 171 Å². The zero-order valence-electron chi connectivity index (χ0n) is 72.8. The van der Waals surface area contributed by atoms with Crippen LogP contribution in [0, 0.1) is 13.8 Å². The zero-order valence-corrected chi connectivity index (χ0v) is 78.7. The summed E-state index contributed by atoms with van der Waals surface area (Å²) in [4.78, 5) is 0. The van der Waals surface area contributed by atoms with E-state index in [1.54, 1.807) is 0 Å². The van der Waals surface area contributed by atoms with Crippen molar-refractivity contribution < 1.29 is 79.7 Å². The third-order valence-electron chi connectivity index (χ3n) is 22.4. The summed E-state index contributed by atoms with van der Waals surface area (Å²) in [7, 11) is 0. The van der Waals surface area contributed by atoms with Gasteiger partial charge in [-0.2, -0.15) is 0 Å². The average Bonchev–Trinajstić information content (AvgIpc) is 0.771. The number of aryl methyl sites for hydroxylation is 2. The number of hydrogen-bond acceptors (Lipinski definition) is 8. The molecule has 0 fully saturated rings. The molecule has 0 saturated carbocycles. The third-order valence-corrected chi connectivity index (χ3v) is 23.9. The van der Waals surface area contributed by atoms with E-state index in [0.29, 0.717) is 51.4 Å². The molecule has 114 heavy (non-hydrogen) atoms. The predicted molar refractivity (Wildman–Crippen MR) is 465 cm³/mol. The van der Waals surface area contributed by atoms with Crippen molar-refractivity contribution in [1.29, 1.82) is 0 Å². The number of hydrogen-bond donors (Lipinski definition) is 8. The molecular weight excluding hydrogens is 1750 g/mol. The van der Waals surface area contributed by atoms with Crippen LogP contribution in [0.1, 0.15) is 311 Å². The van der Waals surface area contributed by atoms with Gasteiger partial charge in [0.05, 0.1) is 0 Å². The fourth-order valence-electron chi connectivity index (χ4n) is 14.6. The Bertz CT molecular complexity index is 4270.